The molecule has 9 heteroatoms. The third kappa shape index (κ3) is 5.74. The molecule has 3 N–H and O–H groups in total. The number of aromatic nitrogens is 2. The number of primary amides is 1. The highest BCUT2D eigenvalue weighted by molar-refractivity contribution is 5.92. The van der Waals surface area contributed by atoms with Crippen molar-refractivity contribution >= 4 is 11.8 Å². The molecule has 0 aliphatic carbocycles. The summed E-state index contributed by atoms with van der Waals surface area (Å²) in [4.78, 5) is 38.6. The fourth-order valence-electron chi connectivity index (χ4n) is 4.10. The van der Waals surface area contributed by atoms with Crippen molar-refractivity contribution in [2.75, 3.05) is 13.1 Å². The maximum Gasteiger partial charge on any atom is 0.272 e. The number of amides is 2. The van der Waals surface area contributed by atoms with Crippen LogP contribution in [0.5, 0.6) is 0 Å². The van der Waals surface area contributed by atoms with Gasteiger partial charge in [0.15, 0.2) is 0 Å². The number of halogens is 1. The lowest BCUT2D eigenvalue weighted by molar-refractivity contribution is -0.123. The van der Waals surface area contributed by atoms with Crippen LogP contribution in [0, 0.1) is 11.7 Å². The van der Waals surface area contributed by atoms with Gasteiger partial charge in [0.25, 0.3) is 11.5 Å². The third-order valence-corrected chi connectivity index (χ3v) is 5.86. The van der Waals surface area contributed by atoms with Crippen molar-refractivity contribution in [2.24, 2.45) is 11.7 Å². The highest BCUT2D eigenvalue weighted by Gasteiger charge is 2.23. The Balaban J connectivity index is 1.40. The van der Waals surface area contributed by atoms with Crippen LogP contribution in [0.25, 0.3) is 5.69 Å². The summed E-state index contributed by atoms with van der Waals surface area (Å²) < 4.78 is 14.3. The minimum Gasteiger partial charge on any atom is -0.369 e. The normalized spacial score (nSPS) is 16.2. The second kappa shape index (κ2) is 10.4. The van der Waals surface area contributed by atoms with Crippen molar-refractivity contribution in [1.29, 1.82) is 0 Å². The quantitative estimate of drug-likeness (QED) is 0.557. The minimum absolute atomic E-state index is 0.0749. The first-order valence-electron chi connectivity index (χ1n) is 11.1. The van der Waals surface area contributed by atoms with Gasteiger partial charge in [0, 0.05) is 25.7 Å². The van der Waals surface area contributed by atoms with Crippen LogP contribution in [0.15, 0.2) is 65.5 Å². The average molecular weight is 464 g/mol. The molecule has 0 radical (unpaired) electrons. The first-order chi connectivity index (χ1) is 16.4. The van der Waals surface area contributed by atoms with Crippen molar-refractivity contribution < 1.29 is 14.0 Å². The molecule has 2 heterocycles. The van der Waals surface area contributed by atoms with E-state index >= 15 is 0 Å². The van der Waals surface area contributed by atoms with Crippen molar-refractivity contribution in [2.45, 2.75) is 25.9 Å². The average Bonchev–Trinajstić information content (AvgIpc) is 2.84. The van der Waals surface area contributed by atoms with E-state index in [4.69, 9.17) is 5.73 Å². The number of piperidine rings is 1. The standard InChI is InChI=1S/C25H26FN5O3/c26-20-6-8-21(9-7-20)31-23(32)11-10-22(29-31)25(34)28-14-17-3-1-4-18(13-17)15-30-12-2-5-19(16-30)24(27)33/h1,3-4,6-11,13,19H,2,5,12,14-16H2,(H2,27,33)(H,28,34). The second-order valence-corrected chi connectivity index (χ2v) is 8.42. The van der Waals surface area contributed by atoms with Gasteiger partial charge < -0.3 is 11.1 Å². The van der Waals surface area contributed by atoms with Crippen LogP contribution in [0.2, 0.25) is 0 Å². The zero-order valence-corrected chi connectivity index (χ0v) is 18.6. The molecule has 2 amide bonds. The summed E-state index contributed by atoms with van der Waals surface area (Å²) in [7, 11) is 0. The van der Waals surface area contributed by atoms with Gasteiger partial charge in [-0.05, 0) is 60.8 Å². The lowest BCUT2D eigenvalue weighted by Crippen LogP contribution is -2.40. The molecular formula is C25H26FN5O3. The van der Waals surface area contributed by atoms with Crippen molar-refractivity contribution in [3.8, 4) is 5.69 Å². The predicted octanol–water partition coefficient (Wildman–Crippen LogP) is 2.00. The Hall–Kier alpha value is -3.85. The second-order valence-electron chi connectivity index (χ2n) is 8.42. The van der Waals surface area contributed by atoms with Gasteiger partial charge in [0.05, 0.1) is 11.6 Å². The maximum absolute atomic E-state index is 13.2. The van der Waals surface area contributed by atoms with Gasteiger partial charge >= 0.3 is 0 Å². The van der Waals surface area contributed by atoms with Gasteiger partial charge in [0.1, 0.15) is 11.5 Å². The molecule has 1 atom stereocenters. The van der Waals surface area contributed by atoms with E-state index in [0.717, 1.165) is 35.2 Å². The molecule has 0 spiro atoms. The van der Waals surface area contributed by atoms with E-state index in [9.17, 15) is 18.8 Å². The predicted molar refractivity (Wildman–Crippen MR) is 125 cm³/mol. The van der Waals surface area contributed by atoms with Gasteiger partial charge in [-0.25, -0.2) is 4.39 Å². The van der Waals surface area contributed by atoms with Crippen LogP contribution in [0.4, 0.5) is 4.39 Å². The molecule has 176 valence electrons. The summed E-state index contributed by atoms with van der Waals surface area (Å²) in [5.74, 6) is -1.22. The molecule has 1 aliphatic heterocycles. The third-order valence-electron chi connectivity index (χ3n) is 5.86. The largest absolute Gasteiger partial charge is 0.369 e. The Bertz CT molecular complexity index is 1240. The molecule has 1 aromatic heterocycles. The van der Waals surface area contributed by atoms with E-state index in [1.165, 1.54) is 36.4 Å². The fraction of sp³-hybridized carbons (Fsp3) is 0.280. The van der Waals surface area contributed by atoms with E-state index in [0.29, 0.717) is 18.8 Å². The highest BCUT2D eigenvalue weighted by Crippen LogP contribution is 2.19. The first kappa shape index (κ1) is 23.3. The van der Waals surface area contributed by atoms with Crippen LogP contribution in [0.1, 0.15) is 34.5 Å². The maximum atomic E-state index is 13.2. The van der Waals surface area contributed by atoms with Crippen LogP contribution in [-0.4, -0.2) is 39.6 Å². The van der Waals surface area contributed by atoms with E-state index in [2.05, 4.69) is 15.3 Å². The molecular weight excluding hydrogens is 437 g/mol. The topological polar surface area (TPSA) is 110 Å². The van der Waals surface area contributed by atoms with E-state index in [1.807, 2.05) is 24.3 Å². The Labute approximate surface area is 196 Å². The Kier molecular flexibility index (Phi) is 7.12. The summed E-state index contributed by atoms with van der Waals surface area (Å²) in [6, 6.07) is 15.8. The van der Waals surface area contributed by atoms with Gasteiger partial charge in [-0.15, -0.1) is 0 Å². The van der Waals surface area contributed by atoms with E-state index in [-0.39, 0.29) is 24.1 Å². The smallest absolute Gasteiger partial charge is 0.272 e. The number of nitrogens with one attached hydrogen (secondary N) is 1. The molecule has 1 unspecified atom stereocenters. The van der Waals surface area contributed by atoms with Crippen LogP contribution >= 0.6 is 0 Å². The molecule has 34 heavy (non-hydrogen) atoms. The zero-order valence-electron chi connectivity index (χ0n) is 18.6. The molecule has 2 aromatic carbocycles. The molecule has 1 aliphatic rings. The van der Waals surface area contributed by atoms with Gasteiger partial charge in [-0.1, -0.05) is 24.3 Å². The first-order valence-corrected chi connectivity index (χ1v) is 11.1. The molecule has 0 bridgehead atoms. The number of benzene rings is 2. The van der Waals surface area contributed by atoms with Crippen LogP contribution in [0.3, 0.4) is 0 Å². The van der Waals surface area contributed by atoms with Crippen molar-refractivity contribution in [1.82, 2.24) is 20.0 Å². The zero-order chi connectivity index (χ0) is 24.1. The van der Waals surface area contributed by atoms with Gasteiger partial charge in [0.2, 0.25) is 5.91 Å². The molecule has 3 aromatic rings. The molecule has 1 saturated heterocycles. The van der Waals surface area contributed by atoms with E-state index in [1.54, 1.807) is 0 Å². The van der Waals surface area contributed by atoms with Crippen molar-refractivity contribution in [3.63, 3.8) is 0 Å². The van der Waals surface area contributed by atoms with Gasteiger partial charge in [-0.3, -0.25) is 19.3 Å². The molecule has 4 rings (SSSR count). The number of likely N-dealkylation sites (tertiary alicyclic amines) is 1. The number of hydrogen-bond acceptors (Lipinski definition) is 5. The van der Waals surface area contributed by atoms with Crippen LogP contribution in [-0.2, 0) is 17.9 Å². The summed E-state index contributed by atoms with van der Waals surface area (Å²) in [6.07, 6.45) is 1.77. The Morgan fingerprint density at radius 1 is 1.09 bits per heavy atom. The molecule has 1 fully saturated rings. The number of carbonyl (C=O) groups is 2. The summed E-state index contributed by atoms with van der Waals surface area (Å²) in [6.45, 7) is 2.57. The SMILES string of the molecule is NC(=O)C1CCCN(Cc2cccc(CNC(=O)c3ccc(=O)n(-c4ccc(F)cc4)n3)c2)C1. The fourth-order valence-corrected chi connectivity index (χ4v) is 4.10. The molecule has 8 nitrogen and oxygen atoms in total. The number of carbonyl (C=O) groups excluding carboxylic acids is 2. The number of hydrogen-bond donors (Lipinski definition) is 2. The summed E-state index contributed by atoms with van der Waals surface area (Å²) in [5.41, 5.74) is 7.49. The number of rotatable bonds is 7. The monoisotopic (exact) mass is 463 g/mol. The highest BCUT2D eigenvalue weighted by atomic mass is 19.1. The van der Waals surface area contributed by atoms with Gasteiger partial charge in [-0.2, -0.15) is 9.78 Å². The van der Waals surface area contributed by atoms with Crippen LogP contribution < -0.4 is 16.6 Å². The lowest BCUT2D eigenvalue weighted by atomic mass is 9.97. The lowest BCUT2D eigenvalue weighted by Gasteiger charge is -2.31. The minimum atomic E-state index is -0.430. The van der Waals surface area contributed by atoms with Crippen molar-refractivity contribution in [3.05, 3.63) is 93.7 Å². The Morgan fingerprint density at radius 3 is 2.62 bits per heavy atom. The number of nitrogens with two attached hydrogens (primary N) is 1. The Morgan fingerprint density at radius 2 is 1.85 bits per heavy atom. The molecule has 0 saturated carbocycles. The summed E-state index contributed by atoms with van der Waals surface area (Å²) >= 11 is 0. The summed E-state index contributed by atoms with van der Waals surface area (Å²) in [5, 5.41) is 6.95. The van der Waals surface area contributed by atoms with E-state index < -0.39 is 17.3 Å². The number of nitrogens with zero attached hydrogens (tertiary/aromatic N) is 3.